The summed E-state index contributed by atoms with van der Waals surface area (Å²) in [6.07, 6.45) is 4.71. The second kappa shape index (κ2) is 7.79. The molecule has 0 bridgehead atoms. The summed E-state index contributed by atoms with van der Waals surface area (Å²) in [7, 11) is 0. The SMILES string of the molecule is CCCCN(c1ccc(CNCC(C)C)cc1F)C1CC1. The fourth-order valence-electron chi connectivity index (χ4n) is 2.61. The molecule has 0 radical (unpaired) electrons. The van der Waals surface area contributed by atoms with E-state index in [1.54, 1.807) is 6.07 Å². The van der Waals surface area contributed by atoms with Gasteiger partial charge in [0.15, 0.2) is 0 Å². The van der Waals surface area contributed by atoms with E-state index < -0.39 is 0 Å². The summed E-state index contributed by atoms with van der Waals surface area (Å²) in [5.74, 6) is 0.551. The molecule has 1 aromatic rings. The molecule has 0 aromatic heterocycles. The van der Waals surface area contributed by atoms with Gasteiger partial charge in [-0.1, -0.05) is 33.3 Å². The first-order valence-corrected chi connectivity index (χ1v) is 8.37. The molecule has 3 heteroatoms. The maximum Gasteiger partial charge on any atom is 0.146 e. The first kappa shape index (κ1) is 16.3. The summed E-state index contributed by atoms with van der Waals surface area (Å²) in [4.78, 5) is 2.27. The van der Waals surface area contributed by atoms with E-state index >= 15 is 0 Å². The van der Waals surface area contributed by atoms with Crippen LogP contribution in [-0.2, 0) is 6.54 Å². The molecular weight excluding hydrogens is 263 g/mol. The first-order chi connectivity index (χ1) is 10.1. The second-order valence-corrected chi connectivity index (χ2v) is 6.59. The van der Waals surface area contributed by atoms with E-state index in [4.69, 9.17) is 0 Å². The van der Waals surface area contributed by atoms with E-state index in [0.29, 0.717) is 12.0 Å². The number of unbranched alkanes of at least 4 members (excludes halogenated alkanes) is 1. The Hall–Kier alpha value is -1.09. The molecule has 0 aliphatic heterocycles. The van der Waals surface area contributed by atoms with Crippen LogP contribution in [0.25, 0.3) is 0 Å². The van der Waals surface area contributed by atoms with Gasteiger partial charge in [0.1, 0.15) is 5.82 Å². The van der Waals surface area contributed by atoms with Crippen LogP contribution in [0.4, 0.5) is 10.1 Å². The molecule has 1 aliphatic rings. The largest absolute Gasteiger partial charge is 0.366 e. The topological polar surface area (TPSA) is 15.3 Å². The number of hydrogen-bond acceptors (Lipinski definition) is 2. The van der Waals surface area contributed by atoms with Crippen LogP contribution < -0.4 is 10.2 Å². The van der Waals surface area contributed by atoms with E-state index in [2.05, 4.69) is 37.1 Å². The normalized spacial score (nSPS) is 14.7. The molecule has 0 spiro atoms. The van der Waals surface area contributed by atoms with E-state index in [9.17, 15) is 4.39 Å². The molecule has 1 saturated carbocycles. The van der Waals surface area contributed by atoms with Gasteiger partial charge in [0.05, 0.1) is 5.69 Å². The third-order valence-corrected chi connectivity index (χ3v) is 3.94. The van der Waals surface area contributed by atoms with Gasteiger partial charge < -0.3 is 10.2 Å². The minimum atomic E-state index is -0.0677. The zero-order valence-corrected chi connectivity index (χ0v) is 13.7. The smallest absolute Gasteiger partial charge is 0.146 e. The summed E-state index contributed by atoms with van der Waals surface area (Å²) >= 11 is 0. The molecule has 2 nitrogen and oxygen atoms in total. The molecule has 0 amide bonds. The van der Waals surface area contributed by atoms with Crippen LogP contribution in [0, 0.1) is 11.7 Å². The zero-order valence-electron chi connectivity index (χ0n) is 13.7. The Labute approximate surface area is 128 Å². The maximum atomic E-state index is 14.4. The van der Waals surface area contributed by atoms with Crippen molar-refractivity contribution in [3.8, 4) is 0 Å². The van der Waals surface area contributed by atoms with E-state index in [-0.39, 0.29) is 5.82 Å². The molecule has 1 fully saturated rings. The Morgan fingerprint density at radius 1 is 1.33 bits per heavy atom. The Balaban J connectivity index is 1.99. The number of hydrogen-bond donors (Lipinski definition) is 1. The highest BCUT2D eigenvalue weighted by Crippen LogP contribution is 2.33. The minimum Gasteiger partial charge on any atom is -0.366 e. The van der Waals surface area contributed by atoms with Crippen LogP contribution in [0.15, 0.2) is 18.2 Å². The Morgan fingerprint density at radius 2 is 2.10 bits per heavy atom. The van der Waals surface area contributed by atoms with Gasteiger partial charge in [0.25, 0.3) is 0 Å². The molecule has 2 rings (SSSR count). The number of nitrogens with one attached hydrogen (secondary N) is 1. The van der Waals surface area contributed by atoms with Gasteiger partial charge in [0, 0.05) is 19.1 Å². The van der Waals surface area contributed by atoms with Crippen LogP contribution in [0.1, 0.15) is 52.0 Å². The summed E-state index contributed by atoms with van der Waals surface area (Å²) in [6.45, 7) is 9.23. The van der Waals surface area contributed by atoms with Crippen LogP contribution >= 0.6 is 0 Å². The fraction of sp³-hybridized carbons (Fsp3) is 0.667. The highest BCUT2D eigenvalue weighted by Gasteiger charge is 2.30. The van der Waals surface area contributed by atoms with Crippen molar-refractivity contribution in [3.05, 3.63) is 29.6 Å². The van der Waals surface area contributed by atoms with Gasteiger partial charge in [-0.2, -0.15) is 0 Å². The monoisotopic (exact) mass is 292 g/mol. The quantitative estimate of drug-likeness (QED) is 0.728. The molecule has 21 heavy (non-hydrogen) atoms. The summed E-state index contributed by atoms with van der Waals surface area (Å²) < 4.78 is 14.4. The van der Waals surface area contributed by atoms with Crippen LogP contribution in [0.3, 0.4) is 0 Å². The van der Waals surface area contributed by atoms with Crippen molar-refractivity contribution in [2.24, 2.45) is 5.92 Å². The van der Waals surface area contributed by atoms with E-state index in [1.165, 1.54) is 12.8 Å². The lowest BCUT2D eigenvalue weighted by Gasteiger charge is -2.25. The molecule has 0 heterocycles. The van der Waals surface area contributed by atoms with Gasteiger partial charge in [-0.3, -0.25) is 0 Å². The lowest BCUT2D eigenvalue weighted by Crippen LogP contribution is -2.27. The predicted molar refractivity (Wildman–Crippen MR) is 88.2 cm³/mol. The molecule has 0 unspecified atom stereocenters. The average molecular weight is 292 g/mol. The molecule has 118 valence electrons. The van der Waals surface area contributed by atoms with Crippen LogP contribution in [-0.4, -0.2) is 19.1 Å². The third-order valence-electron chi connectivity index (χ3n) is 3.94. The van der Waals surface area contributed by atoms with E-state index in [0.717, 1.165) is 43.7 Å². The van der Waals surface area contributed by atoms with Gasteiger partial charge in [-0.25, -0.2) is 4.39 Å². The number of rotatable bonds is 9. The Morgan fingerprint density at radius 3 is 2.67 bits per heavy atom. The third kappa shape index (κ3) is 4.99. The van der Waals surface area contributed by atoms with Crippen LogP contribution in [0.5, 0.6) is 0 Å². The molecule has 1 aromatic carbocycles. The van der Waals surface area contributed by atoms with Crippen molar-refractivity contribution < 1.29 is 4.39 Å². The Kier molecular flexibility index (Phi) is 6.04. The van der Waals surface area contributed by atoms with Gasteiger partial charge in [-0.05, 0) is 49.4 Å². The van der Waals surface area contributed by atoms with Crippen molar-refractivity contribution in [1.82, 2.24) is 5.32 Å². The average Bonchev–Trinajstić information content (AvgIpc) is 3.25. The van der Waals surface area contributed by atoms with Crippen LogP contribution in [0.2, 0.25) is 0 Å². The van der Waals surface area contributed by atoms with Gasteiger partial charge >= 0.3 is 0 Å². The standard InChI is InChI=1S/C18H29FN2/c1-4-5-10-21(16-7-8-16)18-9-6-15(11-17(18)19)13-20-12-14(2)3/h6,9,11,14,16,20H,4-5,7-8,10,12-13H2,1-3H3. The Bertz CT molecular complexity index is 441. The molecule has 0 saturated heterocycles. The second-order valence-electron chi connectivity index (χ2n) is 6.59. The van der Waals surface area contributed by atoms with Crippen molar-refractivity contribution >= 4 is 5.69 Å². The van der Waals surface area contributed by atoms with Crippen molar-refractivity contribution in [1.29, 1.82) is 0 Å². The maximum absolute atomic E-state index is 14.4. The van der Waals surface area contributed by atoms with Gasteiger partial charge in [0.2, 0.25) is 0 Å². The number of benzene rings is 1. The highest BCUT2D eigenvalue weighted by atomic mass is 19.1. The first-order valence-electron chi connectivity index (χ1n) is 8.37. The minimum absolute atomic E-state index is 0.0677. The fourth-order valence-corrected chi connectivity index (χ4v) is 2.61. The van der Waals surface area contributed by atoms with Crippen molar-refractivity contribution in [2.45, 2.75) is 59.0 Å². The summed E-state index contributed by atoms with van der Waals surface area (Å²) in [5, 5.41) is 3.37. The number of nitrogens with zero attached hydrogens (tertiary/aromatic N) is 1. The van der Waals surface area contributed by atoms with Gasteiger partial charge in [-0.15, -0.1) is 0 Å². The summed E-state index contributed by atoms with van der Waals surface area (Å²) in [6, 6.07) is 6.29. The van der Waals surface area contributed by atoms with Crippen molar-refractivity contribution in [3.63, 3.8) is 0 Å². The summed E-state index contributed by atoms with van der Waals surface area (Å²) in [5.41, 5.74) is 1.82. The number of anilines is 1. The molecule has 0 atom stereocenters. The zero-order chi connectivity index (χ0) is 15.2. The number of halogens is 1. The van der Waals surface area contributed by atoms with Crippen molar-refractivity contribution in [2.75, 3.05) is 18.0 Å². The van der Waals surface area contributed by atoms with E-state index in [1.807, 2.05) is 6.07 Å². The predicted octanol–water partition coefficient (Wildman–Crippen LogP) is 4.34. The molecule has 1 aliphatic carbocycles. The molecular formula is C18H29FN2. The lowest BCUT2D eigenvalue weighted by atomic mass is 10.1. The lowest BCUT2D eigenvalue weighted by molar-refractivity contribution is 0.549. The molecule has 1 N–H and O–H groups in total. The highest BCUT2D eigenvalue weighted by molar-refractivity contribution is 5.51.